The summed E-state index contributed by atoms with van der Waals surface area (Å²) < 4.78 is 0. The molecule has 0 atom stereocenters. The van der Waals surface area contributed by atoms with Gasteiger partial charge in [-0.2, -0.15) is 0 Å². The lowest BCUT2D eigenvalue weighted by Crippen LogP contribution is -1.96. The van der Waals surface area contributed by atoms with E-state index in [1.54, 1.807) is 17.5 Å². The Morgan fingerprint density at radius 1 is 1.17 bits per heavy atom. The second kappa shape index (κ2) is 4.63. The van der Waals surface area contributed by atoms with E-state index in [9.17, 15) is 25.0 Å². The molecule has 0 aliphatic carbocycles. The highest BCUT2D eigenvalue weighted by Crippen LogP contribution is 2.47. The zero-order valence-electron chi connectivity index (χ0n) is 8.56. The first-order valence-corrected chi connectivity index (χ1v) is 6.20. The van der Waals surface area contributed by atoms with Crippen molar-refractivity contribution in [3.63, 3.8) is 0 Å². The van der Waals surface area contributed by atoms with E-state index in [0.717, 1.165) is 11.3 Å². The van der Waals surface area contributed by atoms with E-state index in [1.807, 2.05) is 0 Å². The molecule has 2 heterocycles. The van der Waals surface area contributed by atoms with Gasteiger partial charge in [-0.05, 0) is 11.4 Å². The first-order valence-electron chi connectivity index (χ1n) is 4.51. The number of aldehydes is 1. The summed E-state index contributed by atoms with van der Waals surface area (Å²) in [5, 5.41) is 23.5. The molecular formula is C9H4N2O5S2. The molecule has 0 aromatic carbocycles. The fraction of sp³-hybridized carbons (Fsp3) is 0. The summed E-state index contributed by atoms with van der Waals surface area (Å²) in [6.07, 6.45) is 0.271. The fourth-order valence-electron chi connectivity index (χ4n) is 1.43. The summed E-state index contributed by atoms with van der Waals surface area (Å²) in [4.78, 5) is 31.3. The van der Waals surface area contributed by atoms with E-state index in [0.29, 0.717) is 4.88 Å². The summed E-state index contributed by atoms with van der Waals surface area (Å²) in [7, 11) is 0. The molecule has 2 aromatic heterocycles. The maximum atomic E-state index is 11.0. The first-order chi connectivity index (χ1) is 8.56. The van der Waals surface area contributed by atoms with Crippen molar-refractivity contribution in [1.29, 1.82) is 0 Å². The highest BCUT2D eigenvalue weighted by Gasteiger charge is 2.37. The van der Waals surface area contributed by atoms with Crippen molar-refractivity contribution in [2.45, 2.75) is 0 Å². The minimum Gasteiger partial charge on any atom is -0.297 e. The van der Waals surface area contributed by atoms with Crippen LogP contribution >= 0.6 is 22.7 Å². The Labute approximate surface area is 108 Å². The molecule has 9 heteroatoms. The van der Waals surface area contributed by atoms with E-state index in [-0.39, 0.29) is 16.0 Å². The van der Waals surface area contributed by atoms with Crippen molar-refractivity contribution in [2.24, 2.45) is 0 Å². The summed E-state index contributed by atoms with van der Waals surface area (Å²) in [5.41, 5.74) is -1.35. The normalized spacial score (nSPS) is 10.2. The zero-order valence-corrected chi connectivity index (χ0v) is 10.2. The molecular weight excluding hydrogens is 280 g/mol. The average Bonchev–Trinajstić information content (AvgIpc) is 2.94. The number of nitro groups is 2. The highest BCUT2D eigenvalue weighted by molar-refractivity contribution is 7.23. The van der Waals surface area contributed by atoms with Crippen LogP contribution in [0.5, 0.6) is 0 Å². The van der Waals surface area contributed by atoms with Gasteiger partial charge in [0.05, 0.1) is 14.7 Å². The molecule has 0 spiro atoms. The number of carbonyl (C=O) groups excluding carboxylic acids is 1. The number of nitrogens with zero attached hydrogens (tertiary/aromatic N) is 2. The van der Waals surface area contributed by atoms with E-state index >= 15 is 0 Å². The van der Waals surface area contributed by atoms with Gasteiger partial charge in [0.15, 0.2) is 11.2 Å². The van der Waals surface area contributed by atoms with Crippen molar-refractivity contribution in [1.82, 2.24) is 0 Å². The molecule has 0 aliphatic heterocycles. The van der Waals surface area contributed by atoms with Gasteiger partial charge in [-0.3, -0.25) is 25.0 Å². The highest BCUT2D eigenvalue weighted by atomic mass is 32.1. The third kappa shape index (κ3) is 1.89. The van der Waals surface area contributed by atoms with Crippen LogP contribution in [-0.2, 0) is 0 Å². The number of hydrogen-bond acceptors (Lipinski definition) is 7. The Morgan fingerprint density at radius 2 is 1.83 bits per heavy atom. The van der Waals surface area contributed by atoms with E-state index < -0.39 is 21.2 Å². The molecule has 0 fully saturated rings. The Balaban J connectivity index is 2.78. The van der Waals surface area contributed by atoms with Crippen LogP contribution in [0.15, 0.2) is 17.5 Å². The van der Waals surface area contributed by atoms with Crippen LogP contribution < -0.4 is 0 Å². The predicted molar refractivity (Wildman–Crippen MR) is 66.3 cm³/mol. The summed E-state index contributed by atoms with van der Waals surface area (Å²) >= 11 is 1.98. The van der Waals surface area contributed by atoms with Gasteiger partial charge >= 0.3 is 11.4 Å². The van der Waals surface area contributed by atoms with Crippen LogP contribution in [-0.4, -0.2) is 16.1 Å². The van der Waals surface area contributed by atoms with Crippen molar-refractivity contribution in [2.75, 3.05) is 0 Å². The average molecular weight is 284 g/mol. The van der Waals surface area contributed by atoms with Crippen molar-refractivity contribution in [3.05, 3.63) is 42.6 Å². The summed E-state index contributed by atoms with van der Waals surface area (Å²) in [6.45, 7) is 0. The number of thiophene rings is 2. The van der Waals surface area contributed by atoms with Gasteiger partial charge in [0, 0.05) is 0 Å². The Kier molecular flexibility index (Phi) is 3.17. The van der Waals surface area contributed by atoms with Gasteiger partial charge in [0.2, 0.25) is 0 Å². The summed E-state index contributed by atoms with van der Waals surface area (Å²) in [6, 6.07) is 3.29. The monoisotopic (exact) mass is 284 g/mol. The van der Waals surface area contributed by atoms with Crippen molar-refractivity contribution >= 4 is 40.3 Å². The number of rotatable bonds is 4. The molecule has 2 rings (SSSR count). The molecule has 2 aromatic rings. The van der Waals surface area contributed by atoms with Gasteiger partial charge in [0.25, 0.3) is 0 Å². The standard InChI is InChI=1S/C9H4N2O5S2/c12-4-6-7(10(13)14)8(11(15)16)9(18-6)5-2-1-3-17-5/h1-4H. The maximum Gasteiger partial charge on any atom is 0.367 e. The van der Waals surface area contributed by atoms with Crippen molar-refractivity contribution in [3.8, 4) is 9.75 Å². The van der Waals surface area contributed by atoms with Crippen LogP contribution in [0, 0.1) is 20.2 Å². The number of carbonyl (C=O) groups is 1. The Bertz CT molecular complexity index is 632. The minimum absolute atomic E-state index is 0.142. The van der Waals surface area contributed by atoms with Crippen LogP contribution in [0.2, 0.25) is 0 Å². The van der Waals surface area contributed by atoms with Crippen LogP contribution in [0.4, 0.5) is 11.4 Å². The van der Waals surface area contributed by atoms with E-state index in [2.05, 4.69) is 0 Å². The van der Waals surface area contributed by atoms with Gasteiger partial charge in [-0.25, -0.2) is 0 Å². The first kappa shape index (κ1) is 12.3. The lowest BCUT2D eigenvalue weighted by atomic mass is 10.3. The second-order valence-electron chi connectivity index (χ2n) is 3.10. The predicted octanol–water partition coefficient (Wildman–Crippen LogP) is 3.11. The largest absolute Gasteiger partial charge is 0.367 e. The number of hydrogen-bond donors (Lipinski definition) is 0. The van der Waals surface area contributed by atoms with Gasteiger partial charge in [-0.15, -0.1) is 22.7 Å². The molecule has 7 nitrogen and oxygen atoms in total. The molecule has 0 bridgehead atoms. The molecule has 0 unspecified atom stereocenters. The van der Waals surface area contributed by atoms with E-state index in [4.69, 9.17) is 0 Å². The quantitative estimate of drug-likeness (QED) is 0.487. The SMILES string of the molecule is O=Cc1sc(-c2cccs2)c([N+](=O)[O-])c1[N+](=O)[O-]. The molecule has 0 amide bonds. The van der Waals surface area contributed by atoms with Gasteiger partial charge in [0.1, 0.15) is 4.88 Å². The molecule has 18 heavy (non-hydrogen) atoms. The third-order valence-corrected chi connectivity index (χ3v) is 4.25. The molecule has 0 saturated heterocycles. The smallest absolute Gasteiger partial charge is 0.297 e. The van der Waals surface area contributed by atoms with Gasteiger partial charge in [-0.1, -0.05) is 6.07 Å². The van der Waals surface area contributed by atoms with Gasteiger partial charge < -0.3 is 0 Å². The Morgan fingerprint density at radius 3 is 2.28 bits per heavy atom. The summed E-state index contributed by atoms with van der Waals surface area (Å²) in [5.74, 6) is 0. The molecule has 92 valence electrons. The molecule has 0 N–H and O–H groups in total. The molecule has 0 aliphatic rings. The molecule has 0 saturated carbocycles. The zero-order chi connectivity index (χ0) is 13.3. The van der Waals surface area contributed by atoms with E-state index in [1.165, 1.54) is 11.3 Å². The minimum atomic E-state index is -0.893. The third-order valence-electron chi connectivity index (χ3n) is 2.10. The lowest BCUT2D eigenvalue weighted by molar-refractivity contribution is -0.421. The Hall–Kier alpha value is -2.13. The van der Waals surface area contributed by atoms with Crippen LogP contribution in [0.3, 0.4) is 0 Å². The fourth-order valence-corrected chi connectivity index (χ4v) is 3.34. The second-order valence-corrected chi connectivity index (χ2v) is 5.10. The van der Waals surface area contributed by atoms with Crippen LogP contribution in [0.25, 0.3) is 9.75 Å². The lowest BCUT2D eigenvalue weighted by Gasteiger charge is -1.92. The van der Waals surface area contributed by atoms with Crippen molar-refractivity contribution < 1.29 is 14.6 Å². The van der Waals surface area contributed by atoms with Crippen LogP contribution in [0.1, 0.15) is 9.67 Å². The topological polar surface area (TPSA) is 103 Å². The molecule has 0 radical (unpaired) electrons. The maximum absolute atomic E-state index is 11.0.